The average molecular weight is 371 g/mol. The van der Waals surface area contributed by atoms with Crippen molar-refractivity contribution in [2.24, 2.45) is 0 Å². The monoisotopic (exact) mass is 370 g/mol. The zero-order chi connectivity index (χ0) is 18.7. The van der Waals surface area contributed by atoms with Gasteiger partial charge in [-0.25, -0.2) is 9.07 Å². The predicted octanol–water partition coefficient (Wildman–Crippen LogP) is 3.88. The molecule has 0 amide bonds. The van der Waals surface area contributed by atoms with Gasteiger partial charge in [0.15, 0.2) is 0 Å². The predicted molar refractivity (Wildman–Crippen MR) is 95.9 cm³/mol. The number of halogens is 2. The molecule has 0 aliphatic rings. The third kappa shape index (κ3) is 3.39. The molecule has 0 saturated heterocycles. The summed E-state index contributed by atoms with van der Waals surface area (Å²) in [7, 11) is 0. The van der Waals surface area contributed by atoms with Crippen molar-refractivity contribution in [3.8, 4) is 11.1 Å². The molecule has 0 saturated carbocycles. The fourth-order valence-electron chi connectivity index (χ4n) is 2.72. The Labute approximate surface area is 149 Å². The summed E-state index contributed by atoms with van der Waals surface area (Å²) in [5, 5.41) is 14.2. The molecule has 1 heterocycles. The number of aromatic nitrogens is 2. The summed E-state index contributed by atoms with van der Waals surface area (Å²) in [5.74, 6) is -0.857. The normalized spacial score (nSPS) is 10.9. The number of hydrogen-bond acceptors (Lipinski definition) is 4. The highest BCUT2D eigenvalue weighted by Gasteiger charge is 2.25. The molecule has 0 fully saturated rings. The molecule has 9 heteroatoms. The highest BCUT2D eigenvalue weighted by Crippen LogP contribution is 2.35. The molecule has 1 aromatic carbocycles. The van der Waals surface area contributed by atoms with Gasteiger partial charge in [0.1, 0.15) is 16.7 Å². The number of hydrogen-bond donors (Lipinski definition) is 1. The SMILES string of the molecule is CCCNc1cc(-c2c(Cl)n(CC)n(CC)c2=O)c(F)cc1[N+](=O)[O-]. The van der Waals surface area contributed by atoms with Crippen molar-refractivity contribution in [3.63, 3.8) is 0 Å². The minimum atomic E-state index is -0.857. The molecular weight excluding hydrogens is 351 g/mol. The number of nitro benzene ring substituents is 1. The molecule has 25 heavy (non-hydrogen) atoms. The summed E-state index contributed by atoms with van der Waals surface area (Å²) in [4.78, 5) is 23.1. The molecule has 1 aromatic heterocycles. The molecule has 0 aliphatic heterocycles. The van der Waals surface area contributed by atoms with Crippen LogP contribution in [0.25, 0.3) is 11.1 Å². The maximum Gasteiger partial charge on any atom is 0.295 e. The number of nitrogens with zero attached hydrogens (tertiary/aromatic N) is 3. The molecule has 0 bridgehead atoms. The van der Waals surface area contributed by atoms with Gasteiger partial charge in [0.05, 0.1) is 16.6 Å². The summed E-state index contributed by atoms with van der Waals surface area (Å²) < 4.78 is 17.5. The number of benzene rings is 1. The summed E-state index contributed by atoms with van der Waals surface area (Å²) in [6.45, 7) is 6.81. The molecule has 0 radical (unpaired) electrons. The van der Waals surface area contributed by atoms with Crippen LogP contribution in [-0.4, -0.2) is 20.8 Å². The number of rotatable bonds is 7. The summed E-state index contributed by atoms with van der Waals surface area (Å²) in [5.41, 5.74) is -0.683. The Kier molecular flexibility index (Phi) is 5.84. The van der Waals surface area contributed by atoms with E-state index in [2.05, 4.69) is 5.32 Å². The van der Waals surface area contributed by atoms with Crippen LogP contribution in [0.3, 0.4) is 0 Å². The molecule has 0 aliphatic carbocycles. The van der Waals surface area contributed by atoms with Crippen molar-refractivity contribution in [2.45, 2.75) is 40.3 Å². The van der Waals surface area contributed by atoms with E-state index < -0.39 is 16.3 Å². The third-order valence-corrected chi connectivity index (χ3v) is 4.27. The fraction of sp³-hybridized carbons (Fsp3) is 0.438. The first-order valence-corrected chi connectivity index (χ1v) is 8.46. The topological polar surface area (TPSA) is 82.1 Å². The van der Waals surface area contributed by atoms with E-state index in [0.29, 0.717) is 19.6 Å². The van der Waals surface area contributed by atoms with Crippen molar-refractivity contribution in [3.05, 3.63) is 43.6 Å². The van der Waals surface area contributed by atoms with Gasteiger partial charge in [0.25, 0.3) is 11.2 Å². The van der Waals surface area contributed by atoms with Crippen LogP contribution in [0.2, 0.25) is 5.15 Å². The Balaban J connectivity index is 2.74. The van der Waals surface area contributed by atoms with Gasteiger partial charge >= 0.3 is 0 Å². The minimum Gasteiger partial charge on any atom is -0.379 e. The number of anilines is 1. The third-order valence-electron chi connectivity index (χ3n) is 3.89. The Morgan fingerprint density at radius 2 is 1.88 bits per heavy atom. The molecule has 7 nitrogen and oxygen atoms in total. The zero-order valence-electron chi connectivity index (χ0n) is 14.3. The van der Waals surface area contributed by atoms with E-state index in [4.69, 9.17) is 11.6 Å². The van der Waals surface area contributed by atoms with Gasteiger partial charge in [-0.15, -0.1) is 0 Å². The highest BCUT2D eigenvalue weighted by molar-refractivity contribution is 6.32. The second-order valence-electron chi connectivity index (χ2n) is 5.44. The van der Waals surface area contributed by atoms with Crippen LogP contribution in [0.15, 0.2) is 16.9 Å². The first-order valence-electron chi connectivity index (χ1n) is 8.08. The quantitative estimate of drug-likeness (QED) is 0.592. The van der Waals surface area contributed by atoms with Gasteiger partial charge in [-0.3, -0.25) is 19.6 Å². The van der Waals surface area contributed by atoms with Crippen LogP contribution in [0.5, 0.6) is 0 Å². The summed E-state index contributed by atoms with van der Waals surface area (Å²) in [6.07, 6.45) is 0.736. The molecule has 136 valence electrons. The van der Waals surface area contributed by atoms with Gasteiger partial charge in [-0.1, -0.05) is 18.5 Å². The first kappa shape index (κ1) is 19.0. The lowest BCUT2D eigenvalue weighted by Gasteiger charge is -2.09. The second-order valence-corrected chi connectivity index (χ2v) is 5.79. The van der Waals surface area contributed by atoms with Crippen molar-refractivity contribution in [2.75, 3.05) is 11.9 Å². The van der Waals surface area contributed by atoms with Gasteiger partial charge in [-0.2, -0.15) is 0 Å². The van der Waals surface area contributed by atoms with Crippen molar-refractivity contribution < 1.29 is 9.31 Å². The van der Waals surface area contributed by atoms with E-state index in [1.54, 1.807) is 11.6 Å². The molecular formula is C16H20ClFN4O3. The van der Waals surface area contributed by atoms with E-state index in [1.165, 1.54) is 10.7 Å². The molecule has 0 atom stereocenters. The van der Waals surface area contributed by atoms with E-state index >= 15 is 0 Å². The lowest BCUT2D eigenvalue weighted by atomic mass is 10.1. The van der Waals surface area contributed by atoms with E-state index in [-0.39, 0.29) is 27.7 Å². The van der Waals surface area contributed by atoms with E-state index in [9.17, 15) is 19.3 Å². The molecule has 2 rings (SSSR count). The number of nitrogens with one attached hydrogen (secondary N) is 1. The molecule has 0 spiro atoms. The maximum atomic E-state index is 14.6. The lowest BCUT2D eigenvalue weighted by Crippen LogP contribution is -2.22. The van der Waals surface area contributed by atoms with E-state index in [1.807, 2.05) is 13.8 Å². The van der Waals surface area contributed by atoms with Gasteiger partial charge in [-0.05, 0) is 26.3 Å². The largest absolute Gasteiger partial charge is 0.379 e. The minimum absolute atomic E-state index is 0.0114. The maximum absolute atomic E-state index is 14.6. The van der Waals surface area contributed by atoms with Crippen LogP contribution < -0.4 is 10.9 Å². The average Bonchev–Trinajstić information content (AvgIpc) is 2.82. The zero-order valence-corrected chi connectivity index (χ0v) is 15.1. The molecule has 1 N–H and O–H groups in total. The Bertz CT molecular complexity index is 860. The van der Waals surface area contributed by atoms with Crippen molar-refractivity contribution in [1.82, 2.24) is 9.36 Å². The fourth-order valence-corrected chi connectivity index (χ4v) is 3.11. The van der Waals surface area contributed by atoms with Crippen molar-refractivity contribution in [1.29, 1.82) is 0 Å². The highest BCUT2D eigenvalue weighted by atomic mass is 35.5. The van der Waals surface area contributed by atoms with Crippen LogP contribution in [0, 0.1) is 15.9 Å². The molecule has 0 unspecified atom stereocenters. The summed E-state index contributed by atoms with van der Waals surface area (Å²) >= 11 is 6.30. The van der Waals surface area contributed by atoms with Crippen LogP contribution >= 0.6 is 11.6 Å². The molecule has 2 aromatic rings. The lowest BCUT2D eigenvalue weighted by molar-refractivity contribution is -0.384. The van der Waals surface area contributed by atoms with Gasteiger partial charge < -0.3 is 5.32 Å². The summed E-state index contributed by atoms with van der Waals surface area (Å²) in [6, 6.07) is 2.11. The smallest absolute Gasteiger partial charge is 0.295 e. The first-order chi connectivity index (χ1) is 11.9. The Morgan fingerprint density at radius 1 is 1.24 bits per heavy atom. The van der Waals surface area contributed by atoms with Crippen molar-refractivity contribution >= 4 is 23.0 Å². The van der Waals surface area contributed by atoms with Crippen LogP contribution in [-0.2, 0) is 13.1 Å². The number of nitro groups is 1. The van der Waals surface area contributed by atoms with Crippen LogP contribution in [0.4, 0.5) is 15.8 Å². The second kappa shape index (κ2) is 7.69. The standard InChI is InChI=1S/C16H20ClFN4O3/c1-4-7-19-12-8-10(11(18)9-13(12)22(24)25)14-15(17)20(5-2)21(6-3)16(14)23/h8-9,19H,4-7H2,1-3H3. The van der Waals surface area contributed by atoms with E-state index in [0.717, 1.165) is 12.5 Å². The van der Waals surface area contributed by atoms with Gasteiger partial charge in [0.2, 0.25) is 0 Å². The van der Waals surface area contributed by atoms with Crippen LogP contribution in [0.1, 0.15) is 27.2 Å². The van der Waals surface area contributed by atoms with Gasteiger partial charge in [0, 0.05) is 25.2 Å². The Morgan fingerprint density at radius 3 is 2.36 bits per heavy atom. The Hall–Kier alpha value is -2.35.